The van der Waals surface area contributed by atoms with E-state index in [1.807, 2.05) is 18.7 Å². The van der Waals surface area contributed by atoms with Crippen LogP contribution in [0.25, 0.3) is 0 Å². The maximum absolute atomic E-state index is 11.9. The molecule has 0 heterocycles. The molecule has 2 fully saturated rings. The van der Waals surface area contributed by atoms with Gasteiger partial charge in [0.2, 0.25) is 0 Å². The number of carboxylic acids is 1. The lowest BCUT2D eigenvalue weighted by Gasteiger charge is -2.42. The number of hydrogen-bond donors (Lipinski definition) is 3. The van der Waals surface area contributed by atoms with Crippen molar-refractivity contribution >= 4 is 12.0 Å². The fourth-order valence-electron chi connectivity index (χ4n) is 3.14. The summed E-state index contributed by atoms with van der Waals surface area (Å²) in [5.41, 5.74) is 0. The molecule has 0 aliphatic heterocycles. The summed E-state index contributed by atoms with van der Waals surface area (Å²) in [7, 11) is 0. The van der Waals surface area contributed by atoms with E-state index in [2.05, 4.69) is 10.6 Å². The Balaban J connectivity index is 1.59. The minimum absolute atomic E-state index is 0.0704. The predicted molar refractivity (Wildman–Crippen MR) is 81.8 cm³/mol. The Labute approximate surface area is 131 Å². The molecule has 0 saturated heterocycles. The number of nitrogens with one attached hydrogen (secondary N) is 2. The number of hydrogen-bond acceptors (Lipinski definition) is 4. The average molecular weight is 313 g/mol. The summed E-state index contributed by atoms with van der Waals surface area (Å²) in [5.74, 6) is -0.801. The van der Waals surface area contributed by atoms with E-state index in [1.165, 1.54) is 0 Å². The van der Waals surface area contributed by atoms with Crippen molar-refractivity contribution in [3.63, 3.8) is 0 Å². The first-order valence-electron chi connectivity index (χ1n) is 8.16. The minimum Gasteiger partial charge on any atom is -0.480 e. The number of urea groups is 1. The van der Waals surface area contributed by atoms with Gasteiger partial charge in [0, 0.05) is 24.7 Å². The van der Waals surface area contributed by atoms with E-state index in [-0.39, 0.29) is 36.8 Å². The molecule has 2 amide bonds. The van der Waals surface area contributed by atoms with Crippen molar-refractivity contribution < 1.29 is 19.4 Å². The third-order valence-corrected chi connectivity index (χ3v) is 4.54. The number of ether oxygens (including phenoxy) is 1. The van der Waals surface area contributed by atoms with Gasteiger partial charge >= 0.3 is 12.0 Å². The van der Waals surface area contributed by atoms with Crippen LogP contribution in [0.15, 0.2) is 0 Å². The normalized spacial score (nSPS) is 30.3. The van der Waals surface area contributed by atoms with E-state index in [4.69, 9.17) is 9.84 Å². The number of rotatable bonds is 8. The van der Waals surface area contributed by atoms with Gasteiger partial charge < -0.3 is 20.5 Å². The second kappa shape index (κ2) is 7.78. The smallest absolute Gasteiger partial charge is 0.317 e. The highest BCUT2D eigenvalue weighted by atomic mass is 16.5. The van der Waals surface area contributed by atoms with Crippen LogP contribution in [0.4, 0.5) is 4.79 Å². The minimum atomic E-state index is -0.801. The fraction of sp³-hybridized carbons (Fsp3) is 0.867. The number of nitrogens with zero attached hydrogens (tertiary/aromatic N) is 1. The zero-order valence-electron chi connectivity index (χ0n) is 13.4. The lowest BCUT2D eigenvalue weighted by Crippen LogP contribution is -2.58. The van der Waals surface area contributed by atoms with E-state index < -0.39 is 5.97 Å². The van der Waals surface area contributed by atoms with Gasteiger partial charge in [0.15, 0.2) is 0 Å². The van der Waals surface area contributed by atoms with Gasteiger partial charge in [0.05, 0.1) is 12.6 Å². The van der Waals surface area contributed by atoms with Crippen LogP contribution in [0.5, 0.6) is 0 Å². The molecule has 0 aromatic carbocycles. The Hall–Kier alpha value is -1.34. The van der Waals surface area contributed by atoms with Gasteiger partial charge in [0.1, 0.15) is 0 Å². The summed E-state index contributed by atoms with van der Waals surface area (Å²) in [5, 5.41) is 14.8. The molecule has 7 heteroatoms. The van der Waals surface area contributed by atoms with Crippen molar-refractivity contribution in [2.75, 3.05) is 19.7 Å². The Morgan fingerprint density at radius 2 is 1.73 bits per heavy atom. The molecule has 2 aliphatic carbocycles. The molecule has 7 nitrogen and oxygen atoms in total. The highest BCUT2D eigenvalue weighted by molar-refractivity contribution is 5.75. The van der Waals surface area contributed by atoms with Crippen molar-refractivity contribution in [3.05, 3.63) is 0 Å². The van der Waals surface area contributed by atoms with Crippen LogP contribution < -0.4 is 10.6 Å². The molecule has 0 radical (unpaired) electrons. The molecule has 2 aliphatic rings. The lowest BCUT2D eigenvalue weighted by molar-refractivity contribution is -0.139. The van der Waals surface area contributed by atoms with E-state index in [9.17, 15) is 9.59 Å². The van der Waals surface area contributed by atoms with Gasteiger partial charge in [0.25, 0.3) is 0 Å². The van der Waals surface area contributed by atoms with E-state index >= 15 is 0 Å². The molecule has 22 heavy (non-hydrogen) atoms. The summed E-state index contributed by atoms with van der Waals surface area (Å²) in [6, 6.07) is 0.504. The lowest BCUT2D eigenvalue weighted by atomic mass is 9.85. The molecule has 3 N–H and O–H groups in total. The van der Waals surface area contributed by atoms with Gasteiger partial charge in [-0.2, -0.15) is 0 Å². The first kappa shape index (κ1) is 17.0. The summed E-state index contributed by atoms with van der Waals surface area (Å²) < 4.78 is 5.46. The quantitative estimate of drug-likeness (QED) is 0.616. The molecule has 0 aromatic heterocycles. The maximum Gasteiger partial charge on any atom is 0.317 e. The molecule has 0 atom stereocenters. The number of carbonyl (C=O) groups excluding carboxylic acids is 1. The van der Waals surface area contributed by atoms with Crippen molar-refractivity contribution in [2.45, 2.75) is 63.8 Å². The van der Waals surface area contributed by atoms with Crippen molar-refractivity contribution in [1.82, 2.24) is 15.5 Å². The Bertz CT molecular complexity index is 392. The number of carboxylic acid groups (broad SMARTS) is 1. The Morgan fingerprint density at radius 1 is 1.14 bits per heavy atom. The van der Waals surface area contributed by atoms with Crippen molar-refractivity contribution in [2.24, 2.45) is 0 Å². The molecule has 126 valence electrons. The number of aliphatic carboxylic acids is 1. The standard InChI is InChI=1S/C15H27N3O4/c1-3-18(9-14(19)20)12-5-10(6-12)16-15(21)17-11-7-13(8-11)22-4-2/h10-13H,3-9H2,1-2H3,(H,19,20)(H2,16,17,21). The Morgan fingerprint density at radius 3 is 2.23 bits per heavy atom. The van der Waals surface area contributed by atoms with Crippen LogP contribution in [0.1, 0.15) is 39.5 Å². The maximum atomic E-state index is 11.9. The monoisotopic (exact) mass is 313 g/mol. The number of carbonyl (C=O) groups is 2. The van der Waals surface area contributed by atoms with Gasteiger partial charge in [-0.3, -0.25) is 9.69 Å². The summed E-state index contributed by atoms with van der Waals surface area (Å²) in [4.78, 5) is 24.6. The molecule has 0 bridgehead atoms. The van der Waals surface area contributed by atoms with Gasteiger partial charge in [-0.1, -0.05) is 6.92 Å². The highest BCUT2D eigenvalue weighted by Crippen LogP contribution is 2.26. The molecule has 2 saturated carbocycles. The van der Waals surface area contributed by atoms with Gasteiger partial charge in [-0.25, -0.2) is 4.79 Å². The second-order valence-electron chi connectivity index (χ2n) is 6.14. The number of likely N-dealkylation sites (N-methyl/N-ethyl adjacent to an activating group) is 1. The van der Waals surface area contributed by atoms with E-state index in [0.29, 0.717) is 0 Å². The fourth-order valence-corrected chi connectivity index (χ4v) is 3.14. The van der Waals surface area contributed by atoms with Crippen molar-refractivity contribution in [3.8, 4) is 0 Å². The molecule has 0 spiro atoms. The van der Waals surface area contributed by atoms with Gasteiger partial charge in [-0.15, -0.1) is 0 Å². The van der Waals surface area contributed by atoms with Crippen LogP contribution in [0.3, 0.4) is 0 Å². The molecule has 0 aromatic rings. The highest BCUT2D eigenvalue weighted by Gasteiger charge is 2.36. The largest absolute Gasteiger partial charge is 0.480 e. The second-order valence-corrected chi connectivity index (χ2v) is 6.14. The SMILES string of the molecule is CCOC1CC(NC(=O)NC2CC(N(CC)CC(=O)O)C2)C1. The van der Waals surface area contributed by atoms with E-state index in [0.717, 1.165) is 38.8 Å². The summed E-state index contributed by atoms with van der Waals surface area (Å²) in [6.45, 7) is 5.45. The first-order valence-corrected chi connectivity index (χ1v) is 8.16. The zero-order valence-corrected chi connectivity index (χ0v) is 13.4. The van der Waals surface area contributed by atoms with Crippen LogP contribution in [-0.4, -0.2) is 65.9 Å². The first-order chi connectivity index (χ1) is 10.5. The summed E-state index contributed by atoms with van der Waals surface area (Å²) in [6.07, 6.45) is 3.70. The number of amides is 2. The molecule has 0 unspecified atom stereocenters. The topological polar surface area (TPSA) is 90.9 Å². The van der Waals surface area contributed by atoms with Gasteiger partial charge in [-0.05, 0) is 39.2 Å². The zero-order chi connectivity index (χ0) is 16.1. The van der Waals surface area contributed by atoms with Crippen molar-refractivity contribution in [1.29, 1.82) is 0 Å². The molecular formula is C15H27N3O4. The predicted octanol–water partition coefficient (Wildman–Crippen LogP) is 0.791. The summed E-state index contributed by atoms with van der Waals surface area (Å²) >= 11 is 0. The van der Waals surface area contributed by atoms with Crippen LogP contribution in [-0.2, 0) is 9.53 Å². The van der Waals surface area contributed by atoms with Crippen LogP contribution >= 0.6 is 0 Å². The van der Waals surface area contributed by atoms with Crippen LogP contribution in [0, 0.1) is 0 Å². The molecular weight excluding hydrogens is 286 g/mol. The third kappa shape index (κ3) is 4.58. The average Bonchev–Trinajstić information content (AvgIpc) is 2.37. The molecule has 2 rings (SSSR count). The Kier molecular flexibility index (Phi) is 6.02. The van der Waals surface area contributed by atoms with E-state index in [1.54, 1.807) is 0 Å². The van der Waals surface area contributed by atoms with Crippen LogP contribution in [0.2, 0.25) is 0 Å². The third-order valence-electron chi connectivity index (χ3n) is 4.54.